The van der Waals surface area contributed by atoms with Crippen LogP contribution in [0, 0.1) is 5.92 Å². The summed E-state index contributed by atoms with van der Waals surface area (Å²) in [6, 6.07) is 9.09. The first kappa shape index (κ1) is 23.2. The monoisotopic (exact) mass is 472 g/mol. The van der Waals surface area contributed by atoms with Gasteiger partial charge in [-0.15, -0.1) is 13.2 Å². The van der Waals surface area contributed by atoms with Gasteiger partial charge in [0, 0.05) is 24.8 Å². The number of carbonyl (C=O) groups is 1. The van der Waals surface area contributed by atoms with Crippen LogP contribution in [0.5, 0.6) is 11.5 Å². The van der Waals surface area contributed by atoms with E-state index < -0.39 is 36.1 Å². The number of fused-ring (bicyclic) bond motifs is 1. The predicted octanol–water partition coefficient (Wildman–Crippen LogP) is 4.05. The van der Waals surface area contributed by atoms with E-state index in [0.29, 0.717) is 5.69 Å². The highest BCUT2D eigenvalue weighted by molar-refractivity contribution is 5.95. The number of hydrogen-bond donors (Lipinski definition) is 0. The molecule has 1 aromatic carbocycles. The van der Waals surface area contributed by atoms with Crippen LogP contribution in [0.25, 0.3) is 0 Å². The minimum Gasteiger partial charge on any atom is -0.493 e. The SMILES string of the molecule is COc1cc(C(=O)N2CCC3(c4ccccn4)C(C2)C3(F)F)ccc1OCCOC(F)(F)F. The number of benzene rings is 1. The lowest BCUT2D eigenvalue weighted by atomic mass is 9.90. The van der Waals surface area contributed by atoms with E-state index in [2.05, 4.69) is 9.72 Å². The summed E-state index contributed by atoms with van der Waals surface area (Å²) in [5.74, 6) is -4.16. The summed E-state index contributed by atoms with van der Waals surface area (Å²) >= 11 is 0. The van der Waals surface area contributed by atoms with Crippen LogP contribution in [0.15, 0.2) is 42.6 Å². The molecule has 1 saturated heterocycles. The molecule has 2 fully saturated rings. The second kappa shape index (κ2) is 8.44. The lowest BCUT2D eigenvalue weighted by molar-refractivity contribution is -0.325. The van der Waals surface area contributed by atoms with Crippen molar-refractivity contribution in [1.82, 2.24) is 9.88 Å². The third kappa shape index (κ3) is 4.21. The molecule has 0 bridgehead atoms. The number of ether oxygens (including phenoxy) is 3. The molecule has 33 heavy (non-hydrogen) atoms. The quantitative estimate of drug-likeness (QED) is 0.450. The number of likely N-dealkylation sites (tertiary alicyclic amines) is 1. The Morgan fingerprint density at radius 2 is 1.97 bits per heavy atom. The van der Waals surface area contributed by atoms with Crippen molar-refractivity contribution in [3.8, 4) is 11.5 Å². The Hall–Kier alpha value is -2.95. The van der Waals surface area contributed by atoms with E-state index in [-0.39, 0.29) is 43.2 Å². The minimum absolute atomic E-state index is 0.0882. The summed E-state index contributed by atoms with van der Waals surface area (Å²) in [5, 5.41) is 0. The molecular formula is C22H21F5N2O4. The number of piperidine rings is 1. The number of nitrogens with zero attached hydrogens (tertiary/aromatic N) is 2. The Bertz CT molecular complexity index is 1020. The van der Waals surface area contributed by atoms with Gasteiger partial charge in [0.2, 0.25) is 0 Å². The highest BCUT2D eigenvalue weighted by Crippen LogP contribution is 2.69. The fourth-order valence-corrected chi connectivity index (χ4v) is 4.47. The fraction of sp³-hybridized carbons (Fsp3) is 0.455. The second-order valence-corrected chi connectivity index (χ2v) is 7.87. The molecule has 0 radical (unpaired) electrons. The smallest absolute Gasteiger partial charge is 0.493 e. The molecule has 11 heteroatoms. The molecule has 2 heterocycles. The molecule has 2 atom stereocenters. The highest BCUT2D eigenvalue weighted by Gasteiger charge is 2.82. The van der Waals surface area contributed by atoms with Gasteiger partial charge in [0.05, 0.1) is 30.7 Å². The number of aromatic nitrogens is 1. The maximum atomic E-state index is 14.8. The van der Waals surface area contributed by atoms with E-state index in [0.717, 1.165) is 0 Å². The third-order valence-corrected chi connectivity index (χ3v) is 6.15. The molecule has 1 aliphatic carbocycles. The van der Waals surface area contributed by atoms with Crippen LogP contribution in [-0.4, -0.2) is 61.5 Å². The van der Waals surface area contributed by atoms with Gasteiger partial charge in [0.15, 0.2) is 11.5 Å². The van der Waals surface area contributed by atoms with E-state index in [9.17, 15) is 26.7 Å². The molecule has 2 aromatic rings. The zero-order chi connectivity index (χ0) is 23.9. The molecule has 1 saturated carbocycles. The topological polar surface area (TPSA) is 60.9 Å². The van der Waals surface area contributed by atoms with Gasteiger partial charge < -0.3 is 14.4 Å². The van der Waals surface area contributed by atoms with E-state index >= 15 is 0 Å². The zero-order valence-corrected chi connectivity index (χ0v) is 17.6. The first-order chi connectivity index (χ1) is 15.6. The van der Waals surface area contributed by atoms with Gasteiger partial charge in [-0.3, -0.25) is 14.5 Å². The molecule has 1 aliphatic heterocycles. The van der Waals surface area contributed by atoms with Gasteiger partial charge in [0.1, 0.15) is 6.61 Å². The summed E-state index contributed by atoms with van der Waals surface area (Å²) in [6.45, 7) is -1.08. The molecular weight excluding hydrogens is 451 g/mol. The van der Waals surface area contributed by atoms with Crippen molar-refractivity contribution in [2.24, 2.45) is 5.92 Å². The van der Waals surface area contributed by atoms with Crippen molar-refractivity contribution in [2.75, 3.05) is 33.4 Å². The number of carbonyl (C=O) groups excluding carboxylic acids is 1. The van der Waals surface area contributed by atoms with E-state index in [4.69, 9.17) is 9.47 Å². The van der Waals surface area contributed by atoms with Crippen LogP contribution < -0.4 is 9.47 Å². The molecule has 2 aliphatic rings. The first-order valence-electron chi connectivity index (χ1n) is 10.2. The average Bonchev–Trinajstić information content (AvgIpc) is 3.31. The van der Waals surface area contributed by atoms with Gasteiger partial charge in [-0.1, -0.05) is 6.07 Å². The average molecular weight is 472 g/mol. The summed E-state index contributed by atoms with van der Waals surface area (Å²) < 4.78 is 79.8. The number of rotatable bonds is 7. The van der Waals surface area contributed by atoms with Gasteiger partial charge in [-0.05, 0) is 36.8 Å². The van der Waals surface area contributed by atoms with Crippen LogP contribution in [0.2, 0.25) is 0 Å². The number of amides is 1. The first-order valence-corrected chi connectivity index (χ1v) is 10.2. The summed E-state index contributed by atoms with van der Waals surface area (Å²) in [6.07, 6.45) is -3.19. The van der Waals surface area contributed by atoms with Gasteiger partial charge in [-0.25, -0.2) is 8.78 Å². The predicted molar refractivity (Wildman–Crippen MR) is 105 cm³/mol. The van der Waals surface area contributed by atoms with Crippen LogP contribution >= 0.6 is 0 Å². The maximum Gasteiger partial charge on any atom is 0.522 e. The van der Waals surface area contributed by atoms with Gasteiger partial charge in [0.25, 0.3) is 11.8 Å². The highest BCUT2D eigenvalue weighted by atomic mass is 19.4. The Morgan fingerprint density at radius 1 is 1.18 bits per heavy atom. The van der Waals surface area contributed by atoms with Gasteiger partial charge in [-0.2, -0.15) is 0 Å². The Kier molecular flexibility index (Phi) is 5.94. The molecule has 0 spiro atoms. The van der Waals surface area contributed by atoms with Crippen molar-refractivity contribution in [3.63, 3.8) is 0 Å². The second-order valence-electron chi connectivity index (χ2n) is 7.87. The van der Waals surface area contributed by atoms with Crippen molar-refractivity contribution < 1.29 is 41.0 Å². The lowest BCUT2D eigenvalue weighted by Gasteiger charge is -2.30. The fourth-order valence-electron chi connectivity index (χ4n) is 4.47. The van der Waals surface area contributed by atoms with E-state index in [1.165, 1.54) is 36.4 Å². The van der Waals surface area contributed by atoms with Gasteiger partial charge >= 0.3 is 6.36 Å². The normalized spacial score (nSPS) is 23.6. The summed E-state index contributed by atoms with van der Waals surface area (Å²) in [7, 11) is 1.32. The molecule has 6 nitrogen and oxygen atoms in total. The number of alkyl halides is 5. The van der Waals surface area contributed by atoms with Crippen LogP contribution in [0.4, 0.5) is 22.0 Å². The summed E-state index contributed by atoms with van der Waals surface area (Å²) in [4.78, 5) is 18.5. The number of methoxy groups -OCH3 is 1. The number of pyridine rings is 1. The maximum absolute atomic E-state index is 14.8. The van der Waals surface area contributed by atoms with Crippen LogP contribution in [0.1, 0.15) is 22.5 Å². The number of hydrogen-bond acceptors (Lipinski definition) is 5. The molecule has 178 valence electrons. The minimum atomic E-state index is -4.76. The largest absolute Gasteiger partial charge is 0.522 e. The molecule has 4 rings (SSSR count). The number of halogens is 5. The van der Waals surface area contributed by atoms with Crippen LogP contribution in [-0.2, 0) is 10.2 Å². The Morgan fingerprint density at radius 3 is 2.61 bits per heavy atom. The Labute approximate surface area is 186 Å². The van der Waals surface area contributed by atoms with E-state index in [1.54, 1.807) is 18.2 Å². The molecule has 1 amide bonds. The zero-order valence-electron chi connectivity index (χ0n) is 17.6. The third-order valence-electron chi connectivity index (χ3n) is 6.15. The van der Waals surface area contributed by atoms with Crippen molar-refractivity contribution in [1.29, 1.82) is 0 Å². The lowest BCUT2D eigenvalue weighted by Crippen LogP contribution is -2.40. The Balaban J connectivity index is 1.43. The van der Waals surface area contributed by atoms with Crippen molar-refractivity contribution >= 4 is 5.91 Å². The van der Waals surface area contributed by atoms with Crippen molar-refractivity contribution in [3.05, 3.63) is 53.9 Å². The molecule has 0 N–H and O–H groups in total. The standard InChI is InChI=1S/C22H21F5N2O4/c1-31-16-12-14(5-6-15(16)32-10-11-33-22(25,26)27)19(30)29-9-7-20(17(13-29)21(20,23)24)18-4-2-3-8-28-18/h2-6,8,12,17H,7,9-11,13H2,1H3. The van der Waals surface area contributed by atoms with E-state index in [1.807, 2.05) is 0 Å². The molecule has 2 unspecified atom stereocenters. The van der Waals surface area contributed by atoms with Crippen LogP contribution in [0.3, 0.4) is 0 Å². The molecule has 1 aromatic heterocycles. The van der Waals surface area contributed by atoms with Crippen molar-refractivity contribution in [2.45, 2.75) is 24.1 Å². The summed E-state index contributed by atoms with van der Waals surface area (Å²) in [5.41, 5.74) is -0.816.